The number of rotatable bonds is 8. The Morgan fingerprint density at radius 1 is 1.35 bits per heavy atom. The van der Waals surface area contributed by atoms with E-state index in [1.54, 1.807) is 20.8 Å². The van der Waals surface area contributed by atoms with E-state index < -0.39 is 20.7 Å². The molecule has 0 bridgehead atoms. The normalized spacial score (nSPS) is 14.2. The molecule has 20 heavy (non-hydrogen) atoms. The van der Waals surface area contributed by atoms with Gasteiger partial charge in [-0.25, -0.2) is 0 Å². The van der Waals surface area contributed by atoms with Crippen molar-refractivity contribution in [3.05, 3.63) is 11.8 Å². The predicted octanol–water partition coefficient (Wildman–Crippen LogP) is 2.12. The molecule has 0 aliphatic heterocycles. The van der Waals surface area contributed by atoms with Crippen LogP contribution in [0.1, 0.15) is 19.6 Å². The highest BCUT2D eigenvalue weighted by Crippen LogP contribution is 2.65. The van der Waals surface area contributed by atoms with Gasteiger partial charge in [0.05, 0.1) is 13.2 Å². The molecule has 0 radical (unpaired) electrons. The third kappa shape index (κ3) is 4.41. The highest BCUT2D eigenvalue weighted by molar-refractivity contribution is 7.72. The van der Waals surface area contributed by atoms with Crippen LogP contribution in [-0.4, -0.2) is 33.7 Å². The molecule has 1 heterocycles. The Labute approximate surface area is 116 Å². The van der Waals surface area contributed by atoms with Crippen LogP contribution < -0.4 is 5.32 Å². The molecular formula is C9H18N2O7P2. The summed E-state index contributed by atoms with van der Waals surface area (Å²) in [6, 6.07) is 1.41. The number of aromatic nitrogens is 1. The molecule has 1 aromatic heterocycles. The first-order chi connectivity index (χ1) is 9.23. The third-order valence-corrected chi connectivity index (χ3v) is 6.62. The van der Waals surface area contributed by atoms with Gasteiger partial charge in [-0.1, -0.05) is 5.16 Å². The van der Waals surface area contributed by atoms with Crippen LogP contribution in [0.25, 0.3) is 0 Å². The van der Waals surface area contributed by atoms with Crippen molar-refractivity contribution in [1.29, 1.82) is 0 Å². The maximum absolute atomic E-state index is 12.5. The zero-order valence-electron chi connectivity index (χ0n) is 11.3. The predicted molar refractivity (Wildman–Crippen MR) is 71.6 cm³/mol. The average Bonchev–Trinajstić information content (AvgIpc) is 2.71. The lowest BCUT2D eigenvalue weighted by atomic mass is 10.5. The highest BCUT2D eigenvalue weighted by atomic mass is 31.2. The van der Waals surface area contributed by atoms with Crippen molar-refractivity contribution in [3.63, 3.8) is 0 Å². The van der Waals surface area contributed by atoms with Gasteiger partial charge in [0, 0.05) is 6.07 Å². The number of nitrogens with zero attached hydrogens (tertiary/aromatic N) is 1. The molecule has 1 atom stereocenters. The van der Waals surface area contributed by atoms with E-state index in [1.165, 1.54) is 6.07 Å². The first-order valence-electron chi connectivity index (χ1n) is 5.86. The number of aryl methyl sites for hydroxylation is 1. The largest absolute Gasteiger partial charge is 0.365 e. The second-order valence-electron chi connectivity index (χ2n) is 3.81. The lowest BCUT2D eigenvalue weighted by Crippen LogP contribution is -2.23. The van der Waals surface area contributed by atoms with Crippen LogP contribution in [0.15, 0.2) is 10.6 Å². The molecule has 9 nitrogen and oxygen atoms in total. The fourth-order valence-corrected chi connectivity index (χ4v) is 4.99. The van der Waals surface area contributed by atoms with Crippen molar-refractivity contribution in [2.45, 2.75) is 26.3 Å². The van der Waals surface area contributed by atoms with Crippen molar-refractivity contribution < 1.29 is 32.5 Å². The van der Waals surface area contributed by atoms with E-state index >= 15 is 0 Å². The summed E-state index contributed by atoms with van der Waals surface area (Å²) in [5, 5.41) is 5.91. The van der Waals surface area contributed by atoms with Crippen molar-refractivity contribution in [1.82, 2.24) is 5.16 Å². The zero-order chi connectivity index (χ0) is 15.4. The molecule has 0 saturated heterocycles. The summed E-state index contributed by atoms with van der Waals surface area (Å²) in [5.41, 5.74) is -1.85. The summed E-state index contributed by atoms with van der Waals surface area (Å²) in [6.07, 6.45) is 0. The minimum Gasteiger partial charge on any atom is -0.360 e. The Hall–Kier alpha value is -0.690. The average molecular weight is 328 g/mol. The van der Waals surface area contributed by atoms with Gasteiger partial charge in [-0.05, 0) is 20.8 Å². The SMILES string of the molecule is CCOP(=O)(OCC)C(Nc1cc(C)on1)P(=O)(O)O. The Balaban J connectivity index is 3.10. The van der Waals surface area contributed by atoms with Crippen LogP contribution in [0, 0.1) is 6.92 Å². The van der Waals surface area contributed by atoms with Crippen LogP contribution in [0.2, 0.25) is 0 Å². The molecule has 0 amide bonds. The first kappa shape index (κ1) is 17.4. The molecule has 0 aliphatic carbocycles. The van der Waals surface area contributed by atoms with E-state index in [-0.39, 0.29) is 19.0 Å². The van der Waals surface area contributed by atoms with Gasteiger partial charge >= 0.3 is 15.2 Å². The van der Waals surface area contributed by atoms with E-state index in [0.29, 0.717) is 5.76 Å². The van der Waals surface area contributed by atoms with Crippen LogP contribution in [-0.2, 0) is 18.2 Å². The van der Waals surface area contributed by atoms with E-state index in [9.17, 15) is 18.9 Å². The molecule has 0 aliphatic rings. The van der Waals surface area contributed by atoms with Crippen molar-refractivity contribution in [2.24, 2.45) is 0 Å². The molecular weight excluding hydrogens is 310 g/mol. The van der Waals surface area contributed by atoms with Crippen molar-refractivity contribution >= 4 is 21.0 Å². The van der Waals surface area contributed by atoms with Gasteiger partial charge in [0.1, 0.15) is 5.76 Å². The summed E-state index contributed by atoms with van der Waals surface area (Å²) in [5.74, 6) is 0.468. The Morgan fingerprint density at radius 3 is 2.25 bits per heavy atom. The number of hydrogen-bond donors (Lipinski definition) is 3. The van der Waals surface area contributed by atoms with E-state index in [1.807, 2.05) is 0 Å². The lowest BCUT2D eigenvalue weighted by molar-refractivity contribution is 0.216. The Bertz CT molecular complexity index is 516. The molecule has 116 valence electrons. The molecule has 1 rings (SSSR count). The number of hydrogen-bond acceptors (Lipinski definition) is 7. The monoisotopic (exact) mass is 328 g/mol. The van der Waals surface area contributed by atoms with Gasteiger partial charge in [-0.3, -0.25) is 9.13 Å². The molecule has 11 heteroatoms. The van der Waals surface area contributed by atoms with Gasteiger partial charge in [0.15, 0.2) is 5.82 Å². The van der Waals surface area contributed by atoms with Gasteiger partial charge in [0.2, 0.25) is 5.52 Å². The fraction of sp³-hybridized carbons (Fsp3) is 0.667. The van der Waals surface area contributed by atoms with Gasteiger partial charge in [0.25, 0.3) is 0 Å². The minimum atomic E-state index is -4.82. The lowest BCUT2D eigenvalue weighted by Gasteiger charge is -2.26. The first-order valence-corrected chi connectivity index (χ1v) is 9.16. The summed E-state index contributed by atoms with van der Waals surface area (Å²) in [6.45, 7) is 4.65. The summed E-state index contributed by atoms with van der Waals surface area (Å²) in [4.78, 5) is 18.8. The van der Waals surface area contributed by atoms with Crippen molar-refractivity contribution in [2.75, 3.05) is 18.5 Å². The smallest absolute Gasteiger partial charge is 0.360 e. The molecule has 0 aromatic carbocycles. The highest BCUT2D eigenvalue weighted by Gasteiger charge is 2.48. The van der Waals surface area contributed by atoms with E-state index in [4.69, 9.17) is 13.6 Å². The van der Waals surface area contributed by atoms with Gasteiger partial charge < -0.3 is 28.7 Å². The van der Waals surface area contributed by atoms with Crippen molar-refractivity contribution in [3.8, 4) is 0 Å². The summed E-state index contributed by atoms with van der Waals surface area (Å²) in [7, 11) is -8.88. The molecule has 0 saturated carbocycles. The number of anilines is 1. The minimum absolute atomic E-state index is 0.0205. The summed E-state index contributed by atoms with van der Waals surface area (Å²) >= 11 is 0. The molecule has 3 N–H and O–H groups in total. The van der Waals surface area contributed by atoms with Crippen LogP contribution in [0.3, 0.4) is 0 Å². The quantitative estimate of drug-likeness (QED) is 0.614. The van der Waals surface area contributed by atoms with Crippen LogP contribution >= 0.6 is 15.2 Å². The number of nitrogens with one attached hydrogen (secondary N) is 1. The Kier molecular flexibility index (Phi) is 5.94. The molecule has 1 unspecified atom stereocenters. The second-order valence-corrected chi connectivity index (χ2v) is 8.02. The van der Waals surface area contributed by atoms with Gasteiger partial charge in [-0.15, -0.1) is 0 Å². The maximum Gasteiger partial charge on any atom is 0.365 e. The molecule has 0 spiro atoms. The van der Waals surface area contributed by atoms with E-state index in [2.05, 4.69) is 10.5 Å². The second kappa shape index (κ2) is 6.85. The standard InChI is InChI=1S/C9H18N2O7P2/c1-4-16-20(15,17-5-2)9(19(12,13)14)10-8-6-7(3)18-11-8/h6,9H,4-5H2,1-3H3,(H,10,11)(H2,12,13,14). The molecule has 0 fully saturated rings. The Morgan fingerprint density at radius 2 is 1.90 bits per heavy atom. The third-order valence-electron chi connectivity index (χ3n) is 2.14. The maximum atomic E-state index is 12.5. The van der Waals surface area contributed by atoms with E-state index in [0.717, 1.165) is 0 Å². The molecule has 1 aromatic rings. The van der Waals surface area contributed by atoms with Crippen LogP contribution in [0.5, 0.6) is 0 Å². The van der Waals surface area contributed by atoms with Gasteiger partial charge in [-0.2, -0.15) is 0 Å². The fourth-order valence-electron chi connectivity index (χ4n) is 1.45. The van der Waals surface area contributed by atoms with Crippen LogP contribution in [0.4, 0.5) is 5.82 Å². The summed E-state index contributed by atoms with van der Waals surface area (Å²) < 4.78 is 38.8. The topological polar surface area (TPSA) is 131 Å². The zero-order valence-corrected chi connectivity index (χ0v) is 13.1.